The lowest BCUT2D eigenvalue weighted by Gasteiger charge is -2.25. The average molecular weight is 290 g/mol. The van der Waals surface area contributed by atoms with E-state index in [2.05, 4.69) is 0 Å². The number of hydrogen-bond donors (Lipinski definition) is 1. The molecular formula is C17H20F2N2. The number of nitrogens with zero attached hydrogens (tertiary/aromatic N) is 1. The van der Waals surface area contributed by atoms with Crippen LogP contribution < -0.4 is 0 Å². The second-order valence-corrected chi connectivity index (χ2v) is 5.09. The summed E-state index contributed by atoms with van der Waals surface area (Å²) in [6.45, 7) is 5.55. The van der Waals surface area contributed by atoms with Gasteiger partial charge in [-0.15, -0.1) is 0 Å². The SMILES string of the molecule is CCCN(CCC)C(=N)c1cccc2c(F)ccc(F)c12. The molecule has 0 saturated heterocycles. The second-order valence-electron chi connectivity index (χ2n) is 5.09. The maximum absolute atomic E-state index is 14.1. The average Bonchev–Trinajstić information content (AvgIpc) is 2.49. The van der Waals surface area contributed by atoms with Crippen LogP contribution in [0.2, 0.25) is 0 Å². The monoisotopic (exact) mass is 290 g/mol. The van der Waals surface area contributed by atoms with Gasteiger partial charge in [-0.25, -0.2) is 8.78 Å². The Morgan fingerprint density at radius 2 is 1.62 bits per heavy atom. The van der Waals surface area contributed by atoms with Crippen LogP contribution in [0.5, 0.6) is 0 Å². The van der Waals surface area contributed by atoms with Crippen LogP contribution in [-0.4, -0.2) is 23.8 Å². The van der Waals surface area contributed by atoms with E-state index in [-0.39, 0.29) is 16.6 Å². The lowest BCUT2D eigenvalue weighted by molar-refractivity contribution is 0.415. The Morgan fingerprint density at radius 1 is 1.00 bits per heavy atom. The standard InChI is InChI=1S/C17H20F2N2/c1-3-10-21(11-4-2)17(20)13-7-5-6-12-14(18)8-9-15(19)16(12)13/h5-9,20H,3-4,10-11H2,1-2H3. The molecule has 0 aliphatic rings. The highest BCUT2D eigenvalue weighted by molar-refractivity contribution is 6.08. The summed E-state index contributed by atoms with van der Waals surface area (Å²) in [5.41, 5.74) is 0.450. The fourth-order valence-corrected chi connectivity index (χ4v) is 2.57. The second kappa shape index (κ2) is 6.66. The van der Waals surface area contributed by atoms with Crippen molar-refractivity contribution in [2.24, 2.45) is 0 Å². The Hall–Kier alpha value is -1.97. The van der Waals surface area contributed by atoms with Gasteiger partial charge in [-0.05, 0) is 25.0 Å². The molecule has 0 aliphatic carbocycles. The van der Waals surface area contributed by atoms with E-state index in [9.17, 15) is 8.78 Å². The Morgan fingerprint density at radius 3 is 2.24 bits per heavy atom. The summed E-state index contributed by atoms with van der Waals surface area (Å²) in [6.07, 6.45) is 1.81. The molecule has 0 saturated carbocycles. The summed E-state index contributed by atoms with van der Waals surface area (Å²) in [6, 6.07) is 7.16. The predicted octanol–water partition coefficient (Wildman–Crippen LogP) is 4.57. The van der Waals surface area contributed by atoms with Gasteiger partial charge in [-0.3, -0.25) is 5.41 Å². The van der Waals surface area contributed by atoms with Crippen LogP contribution in [0.3, 0.4) is 0 Å². The van der Waals surface area contributed by atoms with Crippen molar-refractivity contribution in [2.75, 3.05) is 13.1 Å². The van der Waals surface area contributed by atoms with Gasteiger partial charge in [0.05, 0.1) is 0 Å². The first-order chi connectivity index (χ1) is 10.1. The van der Waals surface area contributed by atoms with Crippen LogP contribution in [0.15, 0.2) is 30.3 Å². The molecule has 0 heterocycles. The van der Waals surface area contributed by atoms with E-state index in [1.165, 1.54) is 0 Å². The molecule has 0 fully saturated rings. The molecule has 0 unspecified atom stereocenters. The van der Waals surface area contributed by atoms with Gasteiger partial charge in [0, 0.05) is 29.4 Å². The Bertz CT molecular complexity index is 647. The summed E-state index contributed by atoms with van der Waals surface area (Å²) in [5, 5.41) is 8.80. The van der Waals surface area contributed by atoms with Crippen molar-refractivity contribution in [3.05, 3.63) is 47.5 Å². The number of hydrogen-bond acceptors (Lipinski definition) is 1. The lowest BCUT2D eigenvalue weighted by atomic mass is 10.0. The van der Waals surface area contributed by atoms with E-state index in [4.69, 9.17) is 5.41 Å². The molecule has 112 valence electrons. The molecular weight excluding hydrogens is 270 g/mol. The largest absolute Gasteiger partial charge is 0.357 e. The molecule has 2 aromatic rings. The van der Waals surface area contributed by atoms with E-state index in [1.807, 2.05) is 18.7 Å². The van der Waals surface area contributed by atoms with E-state index in [1.54, 1.807) is 18.2 Å². The number of nitrogens with one attached hydrogen (secondary N) is 1. The number of fused-ring (bicyclic) bond motifs is 1. The zero-order valence-electron chi connectivity index (χ0n) is 12.4. The van der Waals surface area contributed by atoms with Crippen LogP contribution in [0.1, 0.15) is 32.3 Å². The fourth-order valence-electron chi connectivity index (χ4n) is 2.57. The highest BCUT2D eigenvalue weighted by Gasteiger charge is 2.17. The van der Waals surface area contributed by atoms with Crippen molar-refractivity contribution in [3.8, 4) is 0 Å². The van der Waals surface area contributed by atoms with Crippen molar-refractivity contribution in [1.29, 1.82) is 5.41 Å². The van der Waals surface area contributed by atoms with Crippen molar-refractivity contribution >= 4 is 16.6 Å². The summed E-state index contributed by atoms with van der Waals surface area (Å²) in [5.74, 6) is -0.688. The molecule has 0 bridgehead atoms. The Labute approximate surface area is 123 Å². The van der Waals surface area contributed by atoms with Gasteiger partial charge in [0.15, 0.2) is 0 Å². The van der Waals surface area contributed by atoms with E-state index in [0.717, 1.165) is 38.1 Å². The van der Waals surface area contributed by atoms with Gasteiger partial charge in [0.2, 0.25) is 0 Å². The number of rotatable bonds is 5. The van der Waals surface area contributed by atoms with Crippen LogP contribution in [0.4, 0.5) is 8.78 Å². The molecule has 0 radical (unpaired) electrons. The Balaban J connectivity index is 2.55. The molecule has 2 nitrogen and oxygen atoms in total. The van der Waals surface area contributed by atoms with Crippen molar-refractivity contribution in [3.63, 3.8) is 0 Å². The van der Waals surface area contributed by atoms with Crippen LogP contribution >= 0.6 is 0 Å². The molecule has 0 amide bonds. The minimum absolute atomic E-state index is 0.194. The molecule has 0 aliphatic heterocycles. The molecule has 0 aromatic heterocycles. The number of halogens is 2. The third kappa shape index (κ3) is 3.04. The van der Waals surface area contributed by atoms with Crippen molar-refractivity contribution in [1.82, 2.24) is 4.90 Å². The van der Waals surface area contributed by atoms with Gasteiger partial charge in [-0.2, -0.15) is 0 Å². The number of benzene rings is 2. The highest BCUT2D eigenvalue weighted by atomic mass is 19.1. The van der Waals surface area contributed by atoms with E-state index in [0.29, 0.717) is 5.56 Å². The first-order valence-electron chi connectivity index (χ1n) is 7.30. The quantitative estimate of drug-likeness (QED) is 0.634. The molecule has 2 rings (SSSR count). The number of amidine groups is 1. The van der Waals surface area contributed by atoms with Crippen molar-refractivity contribution < 1.29 is 8.78 Å². The topological polar surface area (TPSA) is 27.1 Å². The third-order valence-corrected chi connectivity index (χ3v) is 3.49. The molecule has 0 atom stereocenters. The minimum atomic E-state index is -0.486. The van der Waals surface area contributed by atoms with Crippen LogP contribution in [0, 0.1) is 17.0 Å². The van der Waals surface area contributed by atoms with Crippen LogP contribution in [-0.2, 0) is 0 Å². The summed E-state index contributed by atoms with van der Waals surface area (Å²) >= 11 is 0. The fraction of sp³-hybridized carbons (Fsp3) is 0.353. The van der Waals surface area contributed by atoms with Crippen molar-refractivity contribution in [2.45, 2.75) is 26.7 Å². The Kier molecular flexibility index (Phi) is 4.89. The van der Waals surface area contributed by atoms with E-state index < -0.39 is 11.6 Å². The van der Waals surface area contributed by atoms with Gasteiger partial charge >= 0.3 is 0 Å². The van der Waals surface area contributed by atoms with Gasteiger partial charge in [0.1, 0.15) is 17.5 Å². The zero-order valence-corrected chi connectivity index (χ0v) is 12.4. The first kappa shape index (κ1) is 15.4. The molecule has 2 aromatic carbocycles. The highest BCUT2D eigenvalue weighted by Crippen LogP contribution is 2.25. The maximum atomic E-state index is 14.1. The minimum Gasteiger partial charge on any atom is -0.357 e. The lowest BCUT2D eigenvalue weighted by Crippen LogP contribution is -2.32. The molecule has 4 heteroatoms. The molecule has 0 spiro atoms. The van der Waals surface area contributed by atoms with Gasteiger partial charge in [0.25, 0.3) is 0 Å². The smallest absolute Gasteiger partial charge is 0.131 e. The predicted molar refractivity (Wildman–Crippen MR) is 82.8 cm³/mol. The van der Waals surface area contributed by atoms with E-state index >= 15 is 0 Å². The summed E-state index contributed by atoms with van der Waals surface area (Å²) < 4.78 is 28.0. The molecule has 1 N–H and O–H groups in total. The third-order valence-electron chi connectivity index (χ3n) is 3.49. The normalized spacial score (nSPS) is 10.9. The summed E-state index contributed by atoms with van der Waals surface area (Å²) in [7, 11) is 0. The first-order valence-corrected chi connectivity index (χ1v) is 7.30. The maximum Gasteiger partial charge on any atom is 0.131 e. The van der Waals surface area contributed by atoms with Gasteiger partial charge in [-0.1, -0.05) is 32.0 Å². The zero-order chi connectivity index (χ0) is 15.4. The van der Waals surface area contributed by atoms with Crippen LogP contribution in [0.25, 0.3) is 10.8 Å². The molecule has 21 heavy (non-hydrogen) atoms. The van der Waals surface area contributed by atoms with Gasteiger partial charge < -0.3 is 4.90 Å². The summed E-state index contributed by atoms with van der Waals surface area (Å²) in [4.78, 5) is 1.92.